The molecule has 0 fully saturated rings. The quantitative estimate of drug-likeness (QED) is 0.491. The minimum absolute atomic E-state index is 0.101. The van der Waals surface area contributed by atoms with Crippen LogP contribution in [0.4, 0.5) is 17.1 Å². The Labute approximate surface area is 109 Å². The lowest BCUT2D eigenvalue weighted by Gasteiger charge is -2.19. The standard InChI is InChI=1S/C12H13N3O4/c1-7(2)5-13-8-3-9-11(4-10(8)15(17)18)19-6-12(16)14-9/h3-4,13H,1,5-6H2,2H3,(H,14,16). The van der Waals surface area contributed by atoms with Crippen LogP contribution in [-0.2, 0) is 4.79 Å². The Morgan fingerprint density at radius 3 is 3.00 bits per heavy atom. The summed E-state index contributed by atoms with van der Waals surface area (Å²) in [6, 6.07) is 2.79. The number of rotatable bonds is 4. The van der Waals surface area contributed by atoms with Crippen LogP contribution in [0.15, 0.2) is 24.3 Å². The van der Waals surface area contributed by atoms with E-state index in [4.69, 9.17) is 4.74 Å². The summed E-state index contributed by atoms with van der Waals surface area (Å²) in [5.41, 5.74) is 1.48. The van der Waals surface area contributed by atoms with Gasteiger partial charge in [-0.1, -0.05) is 12.2 Å². The number of nitro benzene ring substituents is 1. The summed E-state index contributed by atoms with van der Waals surface area (Å²) in [4.78, 5) is 21.7. The Hall–Kier alpha value is -2.57. The molecule has 0 atom stereocenters. The summed E-state index contributed by atoms with van der Waals surface area (Å²) in [5, 5.41) is 16.5. The predicted molar refractivity (Wildman–Crippen MR) is 70.5 cm³/mol. The molecule has 1 heterocycles. The smallest absolute Gasteiger partial charge is 0.296 e. The lowest BCUT2D eigenvalue weighted by atomic mass is 10.2. The van der Waals surface area contributed by atoms with E-state index in [1.54, 1.807) is 0 Å². The molecule has 7 heteroatoms. The number of carbonyl (C=O) groups excluding carboxylic acids is 1. The molecule has 0 saturated heterocycles. The van der Waals surface area contributed by atoms with E-state index >= 15 is 0 Å². The Bertz CT molecular complexity index is 568. The Kier molecular flexibility index (Phi) is 3.37. The van der Waals surface area contributed by atoms with Crippen LogP contribution in [0.3, 0.4) is 0 Å². The highest BCUT2D eigenvalue weighted by Gasteiger charge is 2.23. The number of hydrogen-bond acceptors (Lipinski definition) is 5. The van der Waals surface area contributed by atoms with Gasteiger partial charge in [-0.15, -0.1) is 0 Å². The van der Waals surface area contributed by atoms with Crippen LogP contribution in [-0.4, -0.2) is 24.0 Å². The molecule has 7 nitrogen and oxygen atoms in total. The lowest BCUT2D eigenvalue weighted by Crippen LogP contribution is -2.25. The summed E-state index contributed by atoms with van der Waals surface area (Å²) >= 11 is 0. The van der Waals surface area contributed by atoms with Crippen molar-refractivity contribution in [3.8, 4) is 5.75 Å². The van der Waals surface area contributed by atoms with Gasteiger partial charge in [0.05, 0.1) is 16.7 Å². The van der Waals surface area contributed by atoms with Gasteiger partial charge in [-0.05, 0) is 13.0 Å². The fourth-order valence-corrected chi connectivity index (χ4v) is 1.65. The van der Waals surface area contributed by atoms with Crippen molar-refractivity contribution in [1.29, 1.82) is 0 Å². The highest BCUT2D eigenvalue weighted by atomic mass is 16.6. The van der Waals surface area contributed by atoms with Gasteiger partial charge in [0.15, 0.2) is 12.4 Å². The molecular formula is C12H13N3O4. The zero-order chi connectivity index (χ0) is 14.0. The minimum atomic E-state index is -0.499. The van der Waals surface area contributed by atoms with E-state index in [0.29, 0.717) is 23.7 Å². The average Bonchev–Trinajstić information content (AvgIpc) is 2.34. The Morgan fingerprint density at radius 1 is 1.63 bits per heavy atom. The van der Waals surface area contributed by atoms with Crippen molar-refractivity contribution in [2.24, 2.45) is 0 Å². The summed E-state index contributed by atoms with van der Waals surface area (Å²) in [7, 11) is 0. The van der Waals surface area contributed by atoms with Gasteiger partial charge in [0.25, 0.3) is 11.6 Å². The van der Waals surface area contributed by atoms with Crippen molar-refractivity contribution in [1.82, 2.24) is 0 Å². The third kappa shape index (κ3) is 2.82. The second-order valence-corrected chi connectivity index (χ2v) is 4.27. The minimum Gasteiger partial charge on any atom is -0.481 e. The summed E-state index contributed by atoms with van der Waals surface area (Å²) in [5.74, 6) is 0.0133. The second-order valence-electron chi connectivity index (χ2n) is 4.27. The molecule has 0 aromatic heterocycles. The number of carbonyl (C=O) groups is 1. The lowest BCUT2D eigenvalue weighted by molar-refractivity contribution is -0.384. The van der Waals surface area contributed by atoms with Crippen LogP contribution >= 0.6 is 0 Å². The molecule has 0 unspecified atom stereocenters. The molecule has 0 aliphatic carbocycles. The van der Waals surface area contributed by atoms with Gasteiger partial charge >= 0.3 is 0 Å². The third-order valence-electron chi connectivity index (χ3n) is 2.51. The van der Waals surface area contributed by atoms with Gasteiger partial charge in [0, 0.05) is 6.54 Å². The van der Waals surface area contributed by atoms with Gasteiger partial charge in [-0.2, -0.15) is 0 Å². The van der Waals surface area contributed by atoms with Crippen LogP contribution in [0.25, 0.3) is 0 Å². The van der Waals surface area contributed by atoms with Crippen molar-refractivity contribution in [3.63, 3.8) is 0 Å². The summed E-state index contributed by atoms with van der Waals surface area (Å²) in [6.07, 6.45) is 0. The second kappa shape index (κ2) is 4.97. The van der Waals surface area contributed by atoms with Crippen LogP contribution < -0.4 is 15.4 Å². The number of nitrogens with zero attached hydrogens (tertiary/aromatic N) is 1. The highest BCUT2D eigenvalue weighted by Crippen LogP contribution is 2.37. The first kappa shape index (κ1) is 12.9. The van der Waals surface area contributed by atoms with Crippen molar-refractivity contribution in [3.05, 3.63) is 34.4 Å². The Morgan fingerprint density at radius 2 is 2.37 bits per heavy atom. The third-order valence-corrected chi connectivity index (χ3v) is 2.51. The molecule has 1 aromatic carbocycles. The fourth-order valence-electron chi connectivity index (χ4n) is 1.65. The molecule has 1 amide bonds. The van der Waals surface area contributed by atoms with Crippen molar-refractivity contribution in [2.45, 2.75) is 6.92 Å². The maximum Gasteiger partial charge on any atom is 0.296 e. The molecule has 0 spiro atoms. The maximum atomic E-state index is 11.2. The van der Waals surface area contributed by atoms with Crippen molar-refractivity contribution in [2.75, 3.05) is 23.8 Å². The number of nitro groups is 1. The first-order valence-corrected chi connectivity index (χ1v) is 5.60. The average molecular weight is 263 g/mol. The van der Waals surface area contributed by atoms with E-state index < -0.39 is 4.92 Å². The number of benzene rings is 1. The normalized spacial score (nSPS) is 13.0. The zero-order valence-electron chi connectivity index (χ0n) is 10.4. The van der Waals surface area contributed by atoms with Gasteiger partial charge in [-0.25, -0.2) is 0 Å². The summed E-state index contributed by atoms with van der Waals surface area (Å²) in [6.45, 7) is 5.80. The summed E-state index contributed by atoms with van der Waals surface area (Å²) < 4.78 is 5.15. The van der Waals surface area contributed by atoms with E-state index in [-0.39, 0.29) is 18.2 Å². The van der Waals surface area contributed by atoms with E-state index in [9.17, 15) is 14.9 Å². The maximum absolute atomic E-state index is 11.2. The molecule has 0 bridgehead atoms. The van der Waals surface area contributed by atoms with E-state index in [1.165, 1.54) is 12.1 Å². The van der Waals surface area contributed by atoms with Crippen LogP contribution in [0.5, 0.6) is 5.75 Å². The van der Waals surface area contributed by atoms with Crippen LogP contribution in [0, 0.1) is 10.1 Å². The SMILES string of the molecule is C=C(C)CNc1cc2c(cc1[N+](=O)[O-])OCC(=O)N2. The molecule has 1 aliphatic heterocycles. The number of ether oxygens (including phenoxy) is 1. The van der Waals surface area contributed by atoms with Crippen molar-refractivity contribution < 1.29 is 14.5 Å². The number of anilines is 2. The number of nitrogens with one attached hydrogen (secondary N) is 2. The predicted octanol–water partition coefficient (Wildman–Crippen LogP) is 1.91. The first-order chi connectivity index (χ1) is 8.97. The number of fused-ring (bicyclic) bond motifs is 1. The topological polar surface area (TPSA) is 93.5 Å². The molecule has 100 valence electrons. The largest absolute Gasteiger partial charge is 0.481 e. The number of amides is 1. The molecule has 2 rings (SSSR count). The van der Waals surface area contributed by atoms with Gasteiger partial charge in [-0.3, -0.25) is 14.9 Å². The van der Waals surface area contributed by atoms with E-state index in [2.05, 4.69) is 17.2 Å². The van der Waals surface area contributed by atoms with Gasteiger partial charge in [0.1, 0.15) is 5.69 Å². The molecule has 19 heavy (non-hydrogen) atoms. The monoisotopic (exact) mass is 263 g/mol. The van der Waals surface area contributed by atoms with Gasteiger partial charge < -0.3 is 15.4 Å². The molecule has 2 N–H and O–H groups in total. The van der Waals surface area contributed by atoms with E-state index in [1.807, 2.05) is 6.92 Å². The molecule has 0 radical (unpaired) electrons. The number of hydrogen-bond donors (Lipinski definition) is 2. The molecule has 1 aliphatic rings. The highest BCUT2D eigenvalue weighted by molar-refractivity contribution is 5.96. The van der Waals surface area contributed by atoms with Crippen LogP contribution in [0.1, 0.15) is 6.92 Å². The fraction of sp³-hybridized carbons (Fsp3) is 0.250. The van der Waals surface area contributed by atoms with Crippen molar-refractivity contribution >= 4 is 23.0 Å². The Balaban J connectivity index is 2.39. The van der Waals surface area contributed by atoms with Gasteiger partial charge in [0.2, 0.25) is 0 Å². The molecule has 1 aromatic rings. The molecule has 0 saturated carbocycles. The van der Waals surface area contributed by atoms with E-state index in [0.717, 1.165) is 5.57 Å². The molecular weight excluding hydrogens is 250 g/mol. The zero-order valence-corrected chi connectivity index (χ0v) is 10.4. The first-order valence-electron chi connectivity index (χ1n) is 5.60. The van der Waals surface area contributed by atoms with Crippen LogP contribution in [0.2, 0.25) is 0 Å².